The number of amides is 1. The lowest BCUT2D eigenvalue weighted by Gasteiger charge is -2.29. The summed E-state index contributed by atoms with van der Waals surface area (Å²) < 4.78 is 37.2. The highest BCUT2D eigenvalue weighted by atomic mass is 32.2. The quantitative estimate of drug-likeness (QED) is 0.617. The second-order valence-electron chi connectivity index (χ2n) is 7.44. The number of benzene rings is 1. The number of nitrogens with one attached hydrogen (secondary N) is 2. The van der Waals surface area contributed by atoms with Gasteiger partial charge in [-0.25, -0.2) is 17.9 Å². The maximum absolute atomic E-state index is 12.3. The number of furan rings is 1. The molecule has 0 bridgehead atoms. The number of esters is 1. The van der Waals surface area contributed by atoms with Gasteiger partial charge in [-0.2, -0.15) is 0 Å². The highest BCUT2D eigenvalue weighted by Gasteiger charge is 2.23. The van der Waals surface area contributed by atoms with Gasteiger partial charge in [0.1, 0.15) is 5.76 Å². The van der Waals surface area contributed by atoms with Crippen molar-refractivity contribution in [3.63, 3.8) is 0 Å². The molecular formula is C21H26N2O6S. The van der Waals surface area contributed by atoms with E-state index in [1.807, 2.05) is 0 Å². The Bertz CT molecular complexity index is 954. The van der Waals surface area contributed by atoms with Crippen molar-refractivity contribution < 1.29 is 27.2 Å². The van der Waals surface area contributed by atoms with Gasteiger partial charge in [0.2, 0.25) is 10.0 Å². The summed E-state index contributed by atoms with van der Waals surface area (Å²) in [7, 11) is -3.75. The van der Waals surface area contributed by atoms with Gasteiger partial charge in [-0.3, -0.25) is 4.79 Å². The Hall–Kier alpha value is -2.65. The smallest absolute Gasteiger partial charge is 0.338 e. The molecule has 1 amide bonds. The van der Waals surface area contributed by atoms with Crippen molar-refractivity contribution in [2.45, 2.75) is 50.1 Å². The summed E-state index contributed by atoms with van der Waals surface area (Å²) in [6, 6.07) is 8.77. The van der Waals surface area contributed by atoms with E-state index in [9.17, 15) is 18.0 Å². The molecule has 0 radical (unpaired) electrons. The first-order valence-corrected chi connectivity index (χ1v) is 11.4. The van der Waals surface area contributed by atoms with E-state index >= 15 is 0 Å². The normalized spacial score (nSPS) is 19.2. The third-order valence-corrected chi connectivity index (χ3v) is 6.63. The molecule has 8 nitrogen and oxygen atoms in total. The number of rotatable bonds is 8. The van der Waals surface area contributed by atoms with E-state index in [4.69, 9.17) is 9.15 Å². The number of hydrogen-bond acceptors (Lipinski definition) is 6. The molecule has 2 atom stereocenters. The van der Waals surface area contributed by atoms with E-state index in [-0.39, 0.29) is 35.6 Å². The van der Waals surface area contributed by atoms with Crippen molar-refractivity contribution >= 4 is 21.9 Å². The molecule has 9 heteroatoms. The van der Waals surface area contributed by atoms with Crippen LogP contribution in [0.5, 0.6) is 0 Å². The Morgan fingerprint density at radius 3 is 2.53 bits per heavy atom. The topological polar surface area (TPSA) is 115 Å². The average molecular weight is 435 g/mol. The summed E-state index contributed by atoms with van der Waals surface area (Å²) >= 11 is 0. The third kappa shape index (κ3) is 5.93. The van der Waals surface area contributed by atoms with Crippen LogP contribution in [0.2, 0.25) is 0 Å². The minimum atomic E-state index is -3.75. The van der Waals surface area contributed by atoms with Crippen molar-refractivity contribution in [3.8, 4) is 0 Å². The lowest BCUT2D eigenvalue weighted by molar-refractivity contribution is -0.125. The Labute approximate surface area is 176 Å². The molecule has 1 aromatic carbocycles. The molecular weight excluding hydrogens is 408 g/mol. The molecule has 2 N–H and O–H groups in total. The largest absolute Gasteiger partial charge is 0.468 e. The van der Waals surface area contributed by atoms with Crippen LogP contribution in [-0.4, -0.2) is 32.9 Å². The van der Waals surface area contributed by atoms with Crippen LogP contribution in [-0.2, 0) is 26.1 Å². The van der Waals surface area contributed by atoms with Gasteiger partial charge in [0.25, 0.3) is 5.91 Å². The number of carbonyl (C=O) groups excluding carboxylic acids is 2. The maximum atomic E-state index is 12.3. The fourth-order valence-electron chi connectivity index (χ4n) is 3.43. The molecule has 0 unspecified atom stereocenters. The molecule has 0 aliphatic heterocycles. The SMILES string of the molecule is C[C@H]1CCCC[C@H]1NC(=O)COC(=O)c1ccc(S(=O)(=O)NCc2ccco2)cc1. The zero-order chi connectivity index (χ0) is 21.6. The van der Waals surface area contributed by atoms with Crippen molar-refractivity contribution in [2.75, 3.05) is 6.61 Å². The molecule has 3 rings (SSSR count). The van der Waals surface area contributed by atoms with Crippen LogP contribution >= 0.6 is 0 Å². The van der Waals surface area contributed by atoms with Crippen molar-refractivity contribution in [1.82, 2.24) is 10.0 Å². The average Bonchev–Trinajstić information content (AvgIpc) is 3.26. The zero-order valence-corrected chi connectivity index (χ0v) is 17.6. The van der Waals surface area contributed by atoms with Crippen LogP contribution in [0.3, 0.4) is 0 Å². The lowest BCUT2D eigenvalue weighted by Crippen LogP contribution is -2.42. The molecule has 2 aromatic rings. The van der Waals surface area contributed by atoms with Gasteiger partial charge >= 0.3 is 5.97 Å². The minimum absolute atomic E-state index is 0.00892. The molecule has 0 spiro atoms. The summed E-state index contributed by atoms with van der Waals surface area (Å²) in [6.45, 7) is 1.76. The van der Waals surface area contributed by atoms with Gasteiger partial charge in [0, 0.05) is 6.04 Å². The number of sulfonamides is 1. The van der Waals surface area contributed by atoms with E-state index in [0.29, 0.717) is 11.7 Å². The molecule has 162 valence electrons. The second kappa shape index (κ2) is 9.90. The Kier molecular flexibility index (Phi) is 7.28. The van der Waals surface area contributed by atoms with E-state index in [1.54, 1.807) is 12.1 Å². The van der Waals surface area contributed by atoms with Crippen LogP contribution in [0.4, 0.5) is 0 Å². The maximum Gasteiger partial charge on any atom is 0.338 e. The first-order valence-electron chi connectivity index (χ1n) is 9.94. The second-order valence-corrected chi connectivity index (χ2v) is 9.21. The summed E-state index contributed by atoms with van der Waals surface area (Å²) in [5, 5.41) is 2.92. The van der Waals surface area contributed by atoms with Crippen LogP contribution in [0, 0.1) is 5.92 Å². The molecule has 1 aromatic heterocycles. The predicted octanol–water partition coefficient (Wildman–Crippen LogP) is 2.61. The molecule has 1 aliphatic rings. The summed E-state index contributed by atoms with van der Waals surface area (Å²) in [5.41, 5.74) is 0.166. The van der Waals surface area contributed by atoms with Gasteiger partial charge in [0.05, 0.1) is 23.3 Å². The zero-order valence-electron chi connectivity index (χ0n) is 16.8. The van der Waals surface area contributed by atoms with Gasteiger partial charge in [-0.05, 0) is 55.2 Å². The molecule has 0 saturated heterocycles. The summed E-state index contributed by atoms with van der Waals surface area (Å²) in [4.78, 5) is 24.2. The van der Waals surface area contributed by atoms with Crippen molar-refractivity contribution in [1.29, 1.82) is 0 Å². The predicted molar refractivity (Wildman–Crippen MR) is 109 cm³/mol. The Morgan fingerprint density at radius 1 is 1.13 bits per heavy atom. The molecule has 1 aliphatic carbocycles. The van der Waals surface area contributed by atoms with E-state index in [2.05, 4.69) is 17.0 Å². The first kappa shape index (κ1) is 22.0. The van der Waals surface area contributed by atoms with Crippen LogP contribution in [0.1, 0.15) is 48.7 Å². The van der Waals surface area contributed by atoms with Gasteiger partial charge in [0.15, 0.2) is 6.61 Å². The fourth-order valence-corrected chi connectivity index (χ4v) is 4.42. The third-order valence-electron chi connectivity index (χ3n) is 5.21. The molecule has 1 heterocycles. The van der Waals surface area contributed by atoms with Gasteiger partial charge < -0.3 is 14.5 Å². The Balaban J connectivity index is 1.50. The number of ether oxygens (including phenoxy) is 1. The molecule has 1 saturated carbocycles. The van der Waals surface area contributed by atoms with Crippen LogP contribution in [0.25, 0.3) is 0 Å². The highest BCUT2D eigenvalue weighted by Crippen LogP contribution is 2.23. The van der Waals surface area contributed by atoms with E-state index < -0.39 is 16.0 Å². The van der Waals surface area contributed by atoms with Crippen molar-refractivity contribution in [3.05, 3.63) is 54.0 Å². The van der Waals surface area contributed by atoms with E-state index in [1.165, 1.54) is 36.9 Å². The van der Waals surface area contributed by atoms with Gasteiger partial charge in [-0.15, -0.1) is 0 Å². The Morgan fingerprint density at radius 2 is 1.87 bits per heavy atom. The van der Waals surface area contributed by atoms with Crippen molar-refractivity contribution in [2.24, 2.45) is 5.92 Å². The lowest BCUT2D eigenvalue weighted by atomic mass is 9.86. The summed E-state index contributed by atoms with van der Waals surface area (Å²) in [6.07, 6.45) is 5.73. The summed E-state index contributed by atoms with van der Waals surface area (Å²) in [5.74, 6) is -0.119. The van der Waals surface area contributed by atoms with Crippen LogP contribution < -0.4 is 10.0 Å². The van der Waals surface area contributed by atoms with E-state index in [0.717, 1.165) is 19.3 Å². The number of hydrogen-bond donors (Lipinski definition) is 2. The first-order chi connectivity index (χ1) is 14.3. The highest BCUT2D eigenvalue weighted by molar-refractivity contribution is 7.89. The van der Waals surface area contributed by atoms with Crippen LogP contribution in [0.15, 0.2) is 52.0 Å². The number of carbonyl (C=O) groups is 2. The molecule has 30 heavy (non-hydrogen) atoms. The van der Waals surface area contributed by atoms with Gasteiger partial charge in [-0.1, -0.05) is 19.8 Å². The monoisotopic (exact) mass is 434 g/mol. The fraction of sp³-hybridized carbons (Fsp3) is 0.429. The molecule has 1 fully saturated rings. The minimum Gasteiger partial charge on any atom is -0.468 e. The standard InChI is InChI=1S/C21H26N2O6S/c1-15-5-2-3-7-19(15)23-20(24)14-29-21(25)16-8-10-18(11-9-16)30(26,27)22-13-17-6-4-12-28-17/h4,6,8-12,15,19,22H,2-3,5,7,13-14H2,1H3,(H,23,24)/t15-,19+/m0/s1.